The van der Waals surface area contributed by atoms with Crippen LogP contribution < -0.4 is 20.1 Å². The van der Waals surface area contributed by atoms with E-state index in [0.29, 0.717) is 19.0 Å². The average Bonchev–Trinajstić information content (AvgIpc) is 2.83. The number of benzene rings is 1. The van der Waals surface area contributed by atoms with Crippen LogP contribution in [-0.4, -0.2) is 34.9 Å². The maximum atomic E-state index is 12.6. The second kappa shape index (κ2) is 8.60. The molecule has 26 heavy (non-hydrogen) atoms. The van der Waals surface area contributed by atoms with Gasteiger partial charge in [-0.25, -0.2) is 0 Å². The Labute approximate surface area is 154 Å². The largest absolute Gasteiger partial charge is 0.494 e. The van der Waals surface area contributed by atoms with Crippen LogP contribution in [-0.2, 0) is 11.8 Å². The summed E-state index contributed by atoms with van der Waals surface area (Å²) >= 11 is 0. The summed E-state index contributed by atoms with van der Waals surface area (Å²) in [4.78, 5) is 12.6. The Morgan fingerprint density at radius 3 is 2.50 bits per heavy atom. The first kappa shape index (κ1) is 19.6. The van der Waals surface area contributed by atoms with E-state index in [1.807, 2.05) is 52.9 Å². The van der Waals surface area contributed by atoms with Gasteiger partial charge in [0.15, 0.2) is 0 Å². The highest BCUT2D eigenvalue weighted by molar-refractivity contribution is 5.97. The van der Waals surface area contributed by atoms with E-state index in [9.17, 15) is 4.79 Å². The van der Waals surface area contributed by atoms with E-state index in [4.69, 9.17) is 9.47 Å². The minimum absolute atomic E-state index is 0.145. The smallest absolute Gasteiger partial charge is 0.246 e. The summed E-state index contributed by atoms with van der Waals surface area (Å²) < 4.78 is 12.9. The van der Waals surface area contributed by atoms with Crippen LogP contribution in [0.1, 0.15) is 32.2 Å². The number of aromatic nitrogens is 2. The fraction of sp³-hybridized carbons (Fsp3) is 0.474. The molecule has 7 heteroatoms. The molecular weight excluding hydrogens is 332 g/mol. The summed E-state index contributed by atoms with van der Waals surface area (Å²) in [6, 6.07) is 5.08. The molecule has 0 saturated heterocycles. The van der Waals surface area contributed by atoms with Gasteiger partial charge < -0.3 is 20.1 Å². The van der Waals surface area contributed by atoms with E-state index in [0.717, 1.165) is 28.5 Å². The predicted octanol–water partition coefficient (Wildman–Crippen LogP) is 3.27. The molecule has 0 radical (unpaired) electrons. The van der Waals surface area contributed by atoms with Crippen LogP contribution in [0.5, 0.6) is 11.5 Å². The van der Waals surface area contributed by atoms with Crippen molar-refractivity contribution < 1.29 is 14.3 Å². The summed E-state index contributed by atoms with van der Waals surface area (Å²) in [5, 5.41) is 10.5. The normalized spacial score (nSPS) is 11.8. The van der Waals surface area contributed by atoms with Gasteiger partial charge in [-0.3, -0.25) is 9.48 Å². The molecule has 0 fully saturated rings. The summed E-state index contributed by atoms with van der Waals surface area (Å²) in [6.45, 7) is 10.6. The third kappa shape index (κ3) is 4.47. The van der Waals surface area contributed by atoms with Gasteiger partial charge in [0, 0.05) is 13.1 Å². The zero-order valence-corrected chi connectivity index (χ0v) is 16.3. The first-order valence-corrected chi connectivity index (χ1v) is 8.84. The summed E-state index contributed by atoms with van der Waals surface area (Å²) in [5.41, 5.74) is 3.18. The second-order valence-electron chi connectivity index (χ2n) is 6.05. The number of nitrogens with zero attached hydrogens (tertiary/aromatic N) is 2. The van der Waals surface area contributed by atoms with E-state index in [1.54, 1.807) is 11.6 Å². The predicted molar refractivity (Wildman–Crippen MR) is 103 cm³/mol. The molecule has 2 rings (SSSR count). The minimum atomic E-state index is -0.468. The molecule has 0 aliphatic carbocycles. The summed E-state index contributed by atoms with van der Waals surface area (Å²) in [7, 11) is 1.85. The highest BCUT2D eigenvalue weighted by Gasteiger charge is 2.19. The van der Waals surface area contributed by atoms with Crippen LogP contribution >= 0.6 is 0 Å². The van der Waals surface area contributed by atoms with Gasteiger partial charge in [0.05, 0.1) is 36.0 Å². The molecule has 0 aliphatic rings. The number of carbonyl (C=O) groups excluding carboxylic acids is 1. The Bertz CT molecular complexity index is 770. The lowest BCUT2D eigenvalue weighted by molar-refractivity contribution is -0.116. The number of ether oxygens (including phenoxy) is 2. The number of amides is 1. The molecule has 0 aliphatic heterocycles. The Balaban J connectivity index is 2.15. The first-order chi connectivity index (χ1) is 12.4. The molecule has 1 heterocycles. The van der Waals surface area contributed by atoms with Crippen LogP contribution in [0.2, 0.25) is 0 Å². The van der Waals surface area contributed by atoms with Gasteiger partial charge in [0.1, 0.15) is 17.5 Å². The van der Waals surface area contributed by atoms with Crippen molar-refractivity contribution in [2.75, 3.05) is 23.8 Å². The molecule has 0 spiro atoms. The van der Waals surface area contributed by atoms with E-state index in [2.05, 4.69) is 15.7 Å². The molecule has 0 saturated carbocycles. The maximum Gasteiger partial charge on any atom is 0.246 e. The topological polar surface area (TPSA) is 77.4 Å². The lowest BCUT2D eigenvalue weighted by atomic mass is 10.2. The Morgan fingerprint density at radius 1 is 1.23 bits per heavy atom. The molecule has 1 amide bonds. The van der Waals surface area contributed by atoms with Gasteiger partial charge >= 0.3 is 0 Å². The maximum absolute atomic E-state index is 12.6. The third-order valence-electron chi connectivity index (χ3n) is 4.08. The van der Waals surface area contributed by atoms with Gasteiger partial charge in [0.2, 0.25) is 5.91 Å². The number of aryl methyl sites for hydroxylation is 2. The molecular formula is C19H28N4O3. The molecule has 1 aromatic carbocycles. The fourth-order valence-corrected chi connectivity index (χ4v) is 2.64. The highest BCUT2D eigenvalue weighted by atomic mass is 16.5. The SMILES string of the molecule is CCOc1ccc(OCC)c(NC(C)C(=O)Nc2c(C)nn(C)c2C)c1. The zero-order valence-electron chi connectivity index (χ0n) is 16.3. The van der Waals surface area contributed by atoms with Gasteiger partial charge in [-0.1, -0.05) is 0 Å². The van der Waals surface area contributed by atoms with Gasteiger partial charge in [-0.05, 0) is 46.8 Å². The molecule has 0 bridgehead atoms. The lowest BCUT2D eigenvalue weighted by Crippen LogP contribution is -2.32. The Kier molecular flexibility index (Phi) is 6.49. The molecule has 7 nitrogen and oxygen atoms in total. The second-order valence-corrected chi connectivity index (χ2v) is 6.05. The third-order valence-corrected chi connectivity index (χ3v) is 4.08. The van der Waals surface area contributed by atoms with Crippen LogP contribution in [0, 0.1) is 13.8 Å². The molecule has 2 N–H and O–H groups in total. The Hall–Kier alpha value is -2.70. The van der Waals surface area contributed by atoms with Crippen molar-refractivity contribution in [3.05, 3.63) is 29.6 Å². The van der Waals surface area contributed by atoms with Crippen LogP contribution in [0.25, 0.3) is 0 Å². The molecule has 1 unspecified atom stereocenters. The van der Waals surface area contributed by atoms with Crippen LogP contribution in [0.15, 0.2) is 18.2 Å². The number of rotatable bonds is 8. The van der Waals surface area contributed by atoms with E-state index >= 15 is 0 Å². The van der Waals surface area contributed by atoms with Crippen LogP contribution in [0.3, 0.4) is 0 Å². The van der Waals surface area contributed by atoms with E-state index in [-0.39, 0.29) is 5.91 Å². The van der Waals surface area contributed by atoms with E-state index < -0.39 is 6.04 Å². The Morgan fingerprint density at radius 2 is 1.92 bits per heavy atom. The number of nitrogens with one attached hydrogen (secondary N) is 2. The molecule has 1 atom stereocenters. The number of carbonyl (C=O) groups is 1. The molecule has 142 valence electrons. The van der Waals surface area contributed by atoms with Gasteiger partial charge in [-0.15, -0.1) is 0 Å². The monoisotopic (exact) mass is 360 g/mol. The first-order valence-electron chi connectivity index (χ1n) is 8.84. The van der Waals surface area contributed by atoms with Crippen molar-refractivity contribution in [3.8, 4) is 11.5 Å². The fourth-order valence-electron chi connectivity index (χ4n) is 2.64. The molecule has 2 aromatic rings. The summed E-state index contributed by atoms with van der Waals surface area (Å²) in [5.74, 6) is 1.27. The lowest BCUT2D eigenvalue weighted by Gasteiger charge is -2.19. The van der Waals surface area contributed by atoms with Crippen molar-refractivity contribution in [3.63, 3.8) is 0 Å². The quantitative estimate of drug-likeness (QED) is 0.755. The van der Waals surface area contributed by atoms with Crippen molar-refractivity contribution >= 4 is 17.3 Å². The minimum Gasteiger partial charge on any atom is -0.494 e. The van der Waals surface area contributed by atoms with Crippen molar-refractivity contribution in [1.82, 2.24) is 9.78 Å². The number of hydrogen-bond acceptors (Lipinski definition) is 5. The van der Waals surface area contributed by atoms with Gasteiger partial charge in [-0.2, -0.15) is 5.10 Å². The molecule has 1 aromatic heterocycles. The zero-order chi connectivity index (χ0) is 19.3. The standard InChI is InChI=1S/C19H28N4O3/c1-7-25-15-9-10-17(26-8-2)16(11-15)20-13(4)19(24)21-18-12(3)22-23(6)14(18)5/h9-11,13,20H,7-8H2,1-6H3,(H,21,24). The average molecular weight is 360 g/mol. The number of anilines is 2. The van der Waals surface area contributed by atoms with Crippen molar-refractivity contribution in [2.24, 2.45) is 7.05 Å². The number of hydrogen-bond donors (Lipinski definition) is 2. The highest BCUT2D eigenvalue weighted by Crippen LogP contribution is 2.30. The van der Waals surface area contributed by atoms with E-state index in [1.165, 1.54) is 0 Å². The van der Waals surface area contributed by atoms with Crippen molar-refractivity contribution in [2.45, 2.75) is 40.7 Å². The van der Waals surface area contributed by atoms with Gasteiger partial charge in [0.25, 0.3) is 0 Å². The van der Waals surface area contributed by atoms with Crippen LogP contribution in [0.4, 0.5) is 11.4 Å². The summed E-state index contributed by atoms with van der Waals surface area (Å²) in [6.07, 6.45) is 0. The van der Waals surface area contributed by atoms with Crippen molar-refractivity contribution in [1.29, 1.82) is 0 Å².